The smallest absolute Gasteiger partial charge is 0.340 e. The Morgan fingerprint density at radius 3 is 2.81 bits per heavy atom. The molecule has 6 rings (SSSR count). The molecular formula is C24H21FN2O4. The van der Waals surface area contributed by atoms with Crippen LogP contribution in [-0.4, -0.2) is 22.6 Å². The third kappa shape index (κ3) is 2.32. The van der Waals surface area contributed by atoms with Gasteiger partial charge in [-0.2, -0.15) is 0 Å². The summed E-state index contributed by atoms with van der Waals surface area (Å²) in [6.45, 7) is 4.37. The van der Waals surface area contributed by atoms with E-state index in [1.165, 1.54) is 18.7 Å². The normalized spacial score (nSPS) is 21.0. The van der Waals surface area contributed by atoms with Gasteiger partial charge in [-0.25, -0.2) is 14.2 Å². The molecule has 6 nitrogen and oxygen atoms in total. The van der Waals surface area contributed by atoms with Crippen LogP contribution in [0.3, 0.4) is 0 Å². The molecule has 3 aliphatic rings. The van der Waals surface area contributed by atoms with Gasteiger partial charge in [-0.05, 0) is 48.4 Å². The Kier molecular flexibility index (Phi) is 3.76. The fourth-order valence-corrected chi connectivity index (χ4v) is 5.54. The van der Waals surface area contributed by atoms with Crippen LogP contribution in [0, 0.1) is 12.7 Å². The highest BCUT2D eigenvalue weighted by Crippen LogP contribution is 2.45. The number of benzene rings is 1. The van der Waals surface area contributed by atoms with Crippen LogP contribution >= 0.6 is 0 Å². The number of aromatic nitrogens is 2. The molecule has 0 fully saturated rings. The van der Waals surface area contributed by atoms with E-state index in [1.54, 1.807) is 4.57 Å². The lowest BCUT2D eigenvalue weighted by Gasteiger charge is -2.26. The minimum atomic E-state index is -0.934. The van der Waals surface area contributed by atoms with Crippen LogP contribution in [0.2, 0.25) is 0 Å². The highest BCUT2D eigenvalue weighted by atomic mass is 19.1. The van der Waals surface area contributed by atoms with Crippen molar-refractivity contribution in [2.45, 2.75) is 51.9 Å². The lowest BCUT2D eigenvalue weighted by atomic mass is 9.79. The highest BCUT2D eigenvalue weighted by molar-refractivity contribution is 5.93. The number of halogens is 1. The third-order valence-corrected chi connectivity index (χ3v) is 7.15. The monoisotopic (exact) mass is 420 g/mol. The SMILES string of the molecule is CO[C@@H]1C(=O)OCc2c1cc1n(c2=O)Cc2c-1nc1cc(F)c(C)c3c1c2[C@@H](C)CC3. The molecule has 3 aromatic rings. The van der Waals surface area contributed by atoms with E-state index in [9.17, 15) is 14.0 Å². The van der Waals surface area contributed by atoms with Gasteiger partial charge in [0, 0.05) is 29.7 Å². The first-order valence-electron chi connectivity index (χ1n) is 10.5. The molecule has 2 aliphatic heterocycles. The molecule has 0 spiro atoms. The minimum Gasteiger partial charge on any atom is -0.458 e. The van der Waals surface area contributed by atoms with E-state index in [4.69, 9.17) is 14.5 Å². The number of carbonyl (C=O) groups is 1. The van der Waals surface area contributed by atoms with Crippen molar-refractivity contribution in [3.8, 4) is 11.4 Å². The molecule has 0 bridgehead atoms. The Bertz CT molecular complexity index is 1390. The van der Waals surface area contributed by atoms with Crippen LogP contribution in [0.4, 0.5) is 4.39 Å². The summed E-state index contributed by atoms with van der Waals surface area (Å²) in [6, 6.07) is 3.33. The summed E-state index contributed by atoms with van der Waals surface area (Å²) in [7, 11) is 1.42. The van der Waals surface area contributed by atoms with Crippen LogP contribution < -0.4 is 5.56 Å². The highest BCUT2D eigenvalue weighted by Gasteiger charge is 2.37. The molecule has 0 saturated heterocycles. The van der Waals surface area contributed by atoms with Crippen molar-refractivity contribution < 1.29 is 18.7 Å². The first-order valence-corrected chi connectivity index (χ1v) is 10.5. The predicted molar refractivity (Wildman–Crippen MR) is 112 cm³/mol. The number of hydrogen-bond donors (Lipinski definition) is 0. The number of ether oxygens (including phenoxy) is 2. The molecule has 7 heteroatoms. The van der Waals surface area contributed by atoms with Gasteiger partial charge < -0.3 is 14.0 Å². The molecule has 4 heterocycles. The number of pyridine rings is 2. The van der Waals surface area contributed by atoms with Gasteiger partial charge in [0.05, 0.1) is 29.0 Å². The average Bonchev–Trinajstić information content (AvgIpc) is 3.11. The Labute approximate surface area is 177 Å². The van der Waals surface area contributed by atoms with E-state index < -0.39 is 12.1 Å². The van der Waals surface area contributed by atoms with E-state index in [0.29, 0.717) is 40.1 Å². The predicted octanol–water partition coefficient (Wildman–Crippen LogP) is 3.67. The largest absolute Gasteiger partial charge is 0.458 e. The summed E-state index contributed by atoms with van der Waals surface area (Å²) < 4.78 is 26.9. The Morgan fingerprint density at radius 2 is 2.03 bits per heavy atom. The number of esters is 1. The lowest BCUT2D eigenvalue weighted by Crippen LogP contribution is -2.33. The number of cyclic esters (lactones) is 1. The maximum absolute atomic E-state index is 14.7. The fourth-order valence-electron chi connectivity index (χ4n) is 5.54. The molecular weight excluding hydrogens is 399 g/mol. The van der Waals surface area contributed by atoms with Gasteiger partial charge in [0.25, 0.3) is 5.56 Å². The van der Waals surface area contributed by atoms with Gasteiger partial charge in [-0.3, -0.25) is 4.79 Å². The van der Waals surface area contributed by atoms with Crippen LogP contribution in [0.5, 0.6) is 0 Å². The van der Waals surface area contributed by atoms with Gasteiger partial charge in [0.2, 0.25) is 0 Å². The quantitative estimate of drug-likeness (QED) is 0.440. The van der Waals surface area contributed by atoms with Gasteiger partial charge >= 0.3 is 5.97 Å². The molecule has 0 unspecified atom stereocenters. The van der Waals surface area contributed by atoms with E-state index in [2.05, 4.69) is 6.92 Å². The topological polar surface area (TPSA) is 70.4 Å². The average molecular weight is 420 g/mol. The first-order chi connectivity index (χ1) is 14.9. The molecule has 0 saturated carbocycles. The molecule has 158 valence electrons. The number of aryl methyl sites for hydroxylation is 1. The Morgan fingerprint density at radius 1 is 1.23 bits per heavy atom. The summed E-state index contributed by atoms with van der Waals surface area (Å²) in [6.07, 6.45) is 0.819. The second kappa shape index (κ2) is 6.23. The standard InChI is InChI=1S/C24H21FN2O4/c1-10-4-5-12-11(2)16(25)7-17-20(12)19(10)14-8-27-18(21(14)26-17)6-13-15(23(27)28)9-31-24(29)22(13)30-3/h6-7,10,22H,4-5,8-9H2,1-3H3/t10-,22-/m0/s1. The van der Waals surface area contributed by atoms with Gasteiger partial charge in [-0.1, -0.05) is 6.92 Å². The van der Waals surface area contributed by atoms with Crippen LogP contribution in [0.1, 0.15) is 58.7 Å². The third-order valence-electron chi connectivity index (χ3n) is 7.15. The van der Waals surface area contributed by atoms with Crippen LogP contribution in [0.25, 0.3) is 22.3 Å². The number of rotatable bonds is 1. The van der Waals surface area contributed by atoms with Crippen LogP contribution in [-0.2, 0) is 33.8 Å². The summed E-state index contributed by atoms with van der Waals surface area (Å²) in [5.41, 5.74) is 6.64. The second-order valence-electron chi connectivity index (χ2n) is 8.73. The summed E-state index contributed by atoms with van der Waals surface area (Å²) in [5.74, 6) is -0.471. The van der Waals surface area contributed by atoms with Crippen molar-refractivity contribution in [2.24, 2.45) is 0 Å². The van der Waals surface area contributed by atoms with Crippen molar-refractivity contribution in [3.63, 3.8) is 0 Å². The van der Waals surface area contributed by atoms with Crippen molar-refractivity contribution in [1.29, 1.82) is 0 Å². The number of hydrogen-bond acceptors (Lipinski definition) is 5. The van der Waals surface area contributed by atoms with Gasteiger partial charge in [0.15, 0.2) is 6.10 Å². The van der Waals surface area contributed by atoms with Crippen molar-refractivity contribution >= 4 is 16.9 Å². The van der Waals surface area contributed by atoms with Crippen molar-refractivity contribution in [3.05, 3.63) is 61.7 Å². The molecule has 1 aromatic carbocycles. The Balaban J connectivity index is 1.69. The van der Waals surface area contributed by atoms with Crippen LogP contribution in [0.15, 0.2) is 16.9 Å². The molecule has 0 N–H and O–H groups in total. The summed E-state index contributed by atoms with van der Waals surface area (Å²) in [4.78, 5) is 30.3. The Hall–Kier alpha value is -3.06. The molecule has 0 radical (unpaired) electrons. The maximum atomic E-state index is 14.7. The lowest BCUT2D eigenvalue weighted by molar-refractivity contribution is -0.159. The van der Waals surface area contributed by atoms with Crippen molar-refractivity contribution in [1.82, 2.24) is 9.55 Å². The number of carbonyl (C=O) groups excluding carboxylic acids is 1. The van der Waals surface area contributed by atoms with Gasteiger partial charge in [-0.15, -0.1) is 0 Å². The number of fused-ring (bicyclic) bond motifs is 5. The number of nitrogens with zero attached hydrogens (tertiary/aromatic N) is 2. The fraction of sp³-hybridized carbons (Fsp3) is 0.375. The van der Waals surface area contributed by atoms with E-state index in [-0.39, 0.29) is 23.9 Å². The summed E-state index contributed by atoms with van der Waals surface area (Å²) in [5, 5.41) is 1.04. The van der Waals surface area contributed by atoms with Crippen molar-refractivity contribution in [2.75, 3.05) is 7.11 Å². The van der Waals surface area contributed by atoms with E-state index in [0.717, 1.165) is 29.4 Å². The molecule has 2 aromatic heterocycles. The summed E-state index contributed by atoms with van der Waals surface area (Å²) >= 11 is 0. The van der Waals surface area contributed by atoms with Gasteiger partial charge in [0.1, 0.15) is 12.4 Å². The number of methoxy groups -OCH3 is 1. The zero-order chi connectivity index (χ0) is 21.6. The zero-order valence-corrected chi connectivity index (χ0v) is 17.5. The van der Waals surface area contributed by atoms with E-state index >= 15 is 0 Å². The first kappa shape index (κ1) is 18.7. The molecule has 31 heavy (non-hydrogen) atoms. The second-order valence-corrected chi connectivity index (χ2v) is 8.73. The zero-order valence-electron chi connectivity index (χ0n) is 17.5. The van der Waals surface area contributed by atoms with E-state index in [1.807, 2.05) is 13.0 Å². The maximum Gasteiger partial charge on any atom is 0.340 e. The molecule has 0 amide bonds. The molecule has 2 atom stereocenters. The minimum absolute atomic E-state index is 0.0588. The molecule has 1 aliphatic carbocycles.